The van der Waals surface area contributed by atoms with E-state index < -0.39 is 0 Å². The first-order chi connectivity index (χ1) is 15.1. The smallest absolute Gasteiger partial charge is 0.226 e. The number of nitrogens with one attached hydrogen (secondary N) is 1. The van der Waals surface area contributed by atoms with E-state index in [-0.39, 0.29) is 0 Å². The Kier molecular flexibility index (Phi) is 7.40. The lowest BCUT2D eigenvalue weighted by molar-refractivity contribution is 0.248. The van der Waals surface area contributed by atoms with E-state index in [9.17, 15) is 0 Å². The third kappa shape index (κ3) is 5.95. The SMILES string of the molecule is COc1ccc(Cl)cc1SNc1ccc(CN2CCN(c3nccc(Cl)n3)CC2)cc1. The molecule has 0 spiro atoms. The van der Waals surface area contributed by atoms with Crippen molar-refractivity contribution in [3.63, 3.8) is 0 Å². The average molecular weight is 476 g/mol. The molecule has 31 heavy (non-hydrogen) atoms. The molecule has 4 rings (SSSR count). The first-order valence-corrected chi connectivity index (χ1v) is 11.5. The summed E-state index contributed by atoms with van der Waals surface area (Å²) in [4.78, 5) is 14.2. The minimum absolute atomic E-state index is 0.480. The van der Waals surface area contributed by atoms with Crippen LogP contribution in [-0.2, 0) is 6.54 Å². The molecule has 0 radical (unpaired) electrons. The zero-order chi connectivity index (χ0) is 21.6. The van der Waals surface area contributed by atoms with Crippen LogP contribution in [0.1, 0.15) is 5.56 Å². The molecule has 9 heteroatoms. The highest BCUT2D eigenvalue weighted by Gasteiger charge is 2.19. The molecular formula is C22H23Cl2N5OS. The summed E-state index contributed by atoms with van der Waals surface area (Å²) in [5, 5.41) is 1.16. The number of hydrogen-bond acceptors (Lipinski definition) is 7. The van der Waals surface area contributed by atoms with Gasteiger partial charge in [0.2, 0.25) is 5.95 Å². The fourth-order valence-corrected chi connectivity index (χ4v) is 4.54. The minimum Gasteiger partial charge on any atom is -0.496 e. The van der Waals surface area contributed by atoms with Gasteiger partial charge in [0.15, 0.2) is 0 Å². The quantitative estimate of drug-likeness (QED) is 0.370. The van der Waals surface area contributed by atoms with E-state index in [0.29, 0.717) is 16.1 Å². The van der Waals surface area contributed by atoms with Gasteiger partial charge in [-0.3, -0.25) is 4.90 Å². The maximum atomic E-state index is 6.10. The van der Waals surface area contributed by atoms with Gasteiger partial charge in [0.05, 0.1) is 12.0 Å². The Morgan fingerprint density at radius 3 is 2.52 bits per heavy atom. The maximum absolute atomic E-state index is 6.10. The molecule has 0 bridgehead atoms. The summed E-state index contributed by atoms with van der Waals surface area (Å²) >= 11 is 13.6. The summed E-state index contributed by atoms with van der Waals surface area (Å²) in [5.74, 6) is 1.50. The molecule has 1 saturated heterocycles. The van der Waals surface area contributed by atoms with Crippen LogP contribution >= 0.6 is 35.1 Å². The summed E-state index contributed by atoms with van der Waals surface area (Å²) < 4.78 is 8.75. The van der Waals surface area contributed by atoms with E-state index >= 15 is 0 Å². The Hall–Kier alpha value is -2.19. The van der Waals surface area contributed by atoms with E-state index in [1.807, 2.05) is 18.2 Å². The lowest BCUT2D eigenvalue weighted by atomic mass is 10.2. The van der Waals surface area contributed by atoms with Crippen molar-refractivity contribution in [2.45, 2.75) is 11.4 Å². The Bertz CT molecular complexity index is 1010. The second kappa shape index (κ2) is 10.4. The van der Waals surface area contributed by atoms with Gasteiger partial charge in [0, 0.05) is 49.6 Å². The van der Waals surface area contributed by atoms with Gasteiger partial charge in [-0.05, 0) is 53.9 Å². The Morgan fingerprint density at radius 1 is 1.03 bits per heavy atom. The number of rotatable bonds is 7. The summed E-state index contributed by atoms with van der Waals surface area (Å²) in [6, 6.07) is 15.8. The first-order valence-electron chi connectivity index (χ1n) is 9.92. The van der Waals surface area contributed by atoms with Crippen molar-refractivity contribution >= 4 is 46.8 Å². The number of methoxy groups -OCH3 is 1. The molecule has 0 amide bonds. The molecule has 1 fully saturated rings. The van der Waals surface area contributed by atoms with Crippen molar-refractivity contribution in [3.8, 4) is 5.75 Å². The van der Waals surface area contributed by atoms with Crippen LogP contribution in [0.5, 0.6) is 5.75 Å². The number of nitrogens with zero attached hydrogens (tertiary/aromatic N) is 4. The third-order valence-corrected chi connectivity index (χ3v) is 6.35. The number of hydrogen-bond donors (Lipinski definition) is 1. The van der Waals surface area contributed by atoms with Crippen molar-refractivity contribution in [3.05, 3.63) is 70.5 Å². The molecule has 2 aromatic carbocycles. The standard InChI is InChI=1S/C22H23Cl2N5OS/c1-30-19-7-4-17(23)14-20(19)31-27-18-5-2-16(3-6-18)15-28-10-12-29(13-11-28)22-25-9-8-21(24)26-22/h2-9,14,27H,10-13,15H2,1H3. The van der Waals surface area contributed by atoms with Crippen LogP contribution in [0.15, 0.2) is 59.6 Å². The van der Waals surface area contributed by atoms with Gasteiger partial charge in [-0.1, -0.05) is 35.3 Å². The van der Waals surface area contributed by atoms with Gasteiger partial charge in [-0.25, -0.2) is 9.97 Å². The molecule has 6 nitrogen and oxygen atoms in total. The molecule has 1 aliphatic heterocycles. The molecule has 1 aliphatic rings. The zero-order valence-corrected chi connectivity index (χ0v) is 19.4. The molecule has 3 aromatic rings. The predicted octanol–water partition coefficient (Wildman–Crippen LogP) is 5.23. The summed E-state index contributed by atoms with van der Waals surface area (Å²) in [7, 11) is 1.66. The van der Waals surface area contributed by atoms with Crippen molar-refractivity contribution in [2.75, 3.05) is 42.9 Å². The highest BCUT2D eigenvalue weighted by Crippen LogP contribution is 2.32. The van der Waals surface area contributed by atoms with Crippen LogP contribution in [0.2, 0.25) is 10.2 Å². The Labute approximate surface area is 196 Å². The Morgan fingerprint density at radius 2 is 1.81 bits per heavy atom. The normalized spacial score (nSPS) is 14.5. The van der Waals surface area contributed by atoms with Gasteiger partial charge in [-0.2, -0.15) is 0 Å². The van der Waals surface area contributed by atoms with Crippen molar-refractivity contribution < 1.29 is 4.74 Å². The van der Waals surface area contributed by atoms with E-state index in [4.69, 9.17) is 27.9 Å². The zero-order valence-electron chi connectivity index (χ0n) is 17.1. The topological polar surface area (TPSA) is 53.5 Å². The number of ether oxygens (including phenoxy) is 1. The molecule has 0 unspecified atom stereocenters. The lowest BCUT2D eigenvalue weighted by Crippen LogP contribution is -2.46. The molecule has 162 valence electrons. The van der Waals surface area contributed by atoms with Gasteiger partial charge in [0.1, 0.15) is 10.9 Å². The molecule has 0 atom stereocenters. The largest absolute Gasteiger partial charge is 0.496 e. The maximum Gasteiger partial charge on any atom is 0.226 e. The second-order valence-corrected chi connectivity index (χ2v) is 8.81. The van der Waals surface area contributed by atoms with E-state index in [1.54, 1.807) is 19.4 Å². The fraction of sp³-hybridized carbons (Fsp3) is 0.273. The Balaban J connectivity index is 1.28. The van der Waals surface area contributed by atoms with Crippen LogP contribution in [0.25, 0.3) is 0 Å². The second-order valence-electron chi connectivity index (χ2n) is 7.14. The molecular weight excluding hydrogens is 453 g/mol. The van der Waals surface area contributed by atoms with Crippen LogP contribution < -0.4 is 14.4 Å². The molecule has 0 aliphatic carbocycles. The number of benzene rings is 2. The molecule has 1 N–H and O–H groups in total. The van der Waals surface area contributed by atoms with E-state index in [2.05, 4.69) is 48.8 Å². The summed E-state index contributed by atoms with van der Waals surface area (Å²) in [5.41, 5.74) is 2.31. The monoisotopic (exact) mass is 475 g/mol. The van der Waals surface area contributed by atoms with Gasteiger partial charge in [0.25, 0.3) is 0 Å². The molecule has 2 heterocycles. The van der Waals surface area contributed by atoms with Gasteiger partial charge < -0.3 is 14.4 Å². The number of piperazine rings is 1. The number of halogens is 2. The minimum atomic E-state index is 0.480. The van der Waals surface area contributed by atoms with Crippen molar-refractivity contribution in [1.29, 1.82) is 0 Å². The van der Waals surface area contributed by atoms with Crippen LogP contribution in [0.4, 0.5) is 11.6 Å². The number of aromatic nitrogens is 2. The average Bonchev–Trinajstić information content (AvgIpc) is 2.79. The van der Waals surface area contributed by atoms with E-state index in [0.717, 1.165) is 49.1 Å². The van der Waals surface area contributed by atoms with Crippen LogP contribution in [-0.4, -0.2) is 48.2 Å². The van der Waals surface area contributed by atoms with Crippen molar-refractivity contribution in [1.82, 2.24) is 14.9 Å². The van der Waals surface area contributed by atoms with Crippen LogP contribution in [0.3, 0.4) is 0 Å². The third-order valence-electron chi connectivity index (χ3n) is 5.03. The molecule has 1 aromatic heterocycles. The fourth-order valence-electron chi connectivity index (χ4n) is 3.37. The number of anilines is 2. The highest BCUT2D eigenvalue weighted by atomic mass is 35.5. The summed E-state index contributed by atoms with van der Waals surface area (Å²) in [6.45, 7) is 4.61. The highest BCUT2D eigenvalue weighted by molar-refractivity contribution is 8.00. The van der Waals surface area contributed by atoms with E-state index in [1.165, 1.54) is 17.5 Å². The van der Waals surface area contributed by atoms with Gasteiger partial charge >= 0.3 is 0 Å². The first kappa shape index (κ1) is 22.0. The predicted molar refractivity (Wildman–Crippen MR) is 128 cm³/mol. The van der Waals surface area contributed by atoms with Crippen molar-refractivity contribution in [2.24, 2.45) is 0 Å². The lowest BCUT2D eigenvalue weighted by Gasteiger charge is -2.34. The summed E-state index contributed by atoms with van der Waals surface area (Å²) in [6.07, 6.45) is 1.70. The molecule has 0 saturated carbocycles. The van der Waals surface area contributed by atoms with Crippen LogP contribution in [0, 0.1) is 0 Å². The van der Waals surface area contributed by atoms with Gasteiger partial charge in [-0.15, -0.1) is 0 Å².